The van der Waals surface area contributed by atoms with Crippen LogP contribution < -0.4 is 10.6 Å². The lowest BCUT2D eigenvalue weighted by Crippen LogP contribution is -2.18. The minimum absolute atomic E-state index is 0.355. The highest BCUT2D eigenvalue weighted by Crippen LogP contribution is 2.26. The molecular weight excluding hydrogens is 228 g/mol. The molecule has 2 N–H and O–H groups in total. The molecule has 4 heteroatoms. The maximum atomic E-state index is 6.11. The lowest BCUT2D eigenvalue weighted by molar-refractivity contribution is 0.949. The van der Waals surface area contributed by atoms with E-state index in [-0.39, 0.29) is 0 Å². The minimum atomic E-state index is 0.355. The SMILES string of the molecule is NC(=S)c1ccc(N2CCCC2)cc1Cl. The number of hydrogen-bond donors (Lipinski definition) is 1. The van der Waals surface area contributed by atoms with Crippen molar-refractivity contribution in [3.05, 3.63) is 28.8 Å². The largest absolute Gasteiger partial charge is 0.389 e. The van der Waals surface area contributed by atoms with Crippen LogP contribution in [0.4, 0.5) is 5.69 Å². The van der Waals surface area contributed by atoms with Crippen LogP contribution >= 0.6 is 23.8 Å². The number of nitrogens with two attached hydrogens (primary N) is 1. The van der Waals surface area contributed by atoms with Gasteiger partial charge in [0.2, 0.25) is 0 Å². The standard InChI is InChI=1S/C11H13ClN2S/c12-10-7-8(14-5-1-2-6-14)3-4-9(10)11(13)15/h3-4,7H,1-2,5-6H2,(H2,13,15). The second kappa shape index (κ2) is 4.37. The van der Waals surface area contributed by atoms with E-state index in [1.165, 1.54) is 12.8 Å². The van der Waals surface area contributed by atoms with Crippen molar-refractivity contribution in [1.82, 2.24) is 0 Å². The van der Waals surface area contributed by atoms with Gasteiger partial charge in [0.1, 0.15) is 4.99 Å². The molecule has 0 bridgehead atoms. The molecule has 1 aliphatic heterocycles. The van der Waals surface area contributed by atoms with Crippen LogP contribution in [0, 0.1) is 0 Å². The zero-order valence-corrected chi connectivity index (χ0v) is 9.94. The highest BCUT2D eigenvalue weighted by atomic mass is 35.5. The van der Waals surface area contributed by atoms with Gasteiger partial charge in [-0.05, 0) is 31.0 Å². The zero-order chi connectivity index (χ0) is 10.8. The summed E-state index contributed by atoms with van der Waals surface area (Å²) in [4.78, 5) is 2.68. The number of nitrogens with zero attached hydrogens (tertiary/aromatic N) is 1. The van der Waals surface area contributed by atoms with E-state index in [1.807, 2.05) is 18.2 Å². The van der Waals surface area contributed by atoms with E-state index in [9.17, 15) is 0 Å². The lowest BCUT2D eigenvalue weighted by atomic mass is 10.2. The molecule has 0 amide bonds. The Morgan fingerprint density at radius 1 is 1.33 bits per heavy atom. The average Bonchev–Trinajstić information content (AvgIpc) is 2.69. The van der Waals surface area contributed by atoms with Crippen LogP contribution in [-0.2, 0) is 0 Å². The highest BCUT2D eigenvalue weighted by molar-refractivity contribution is 7.80. The van der Waals surface area contributed by atoms with E-state index >= 15 is 0 Å². The van der Waals surface area contributed by atoms with Gasteiger partial charge < -0.3 is 10.6 Å². The molecule has 1 saturated heterocycles. The van der Waals surface area contributed by atoms with Gasteiger partial charge >= 0.3 is 0 Å². The summed E-state index contributed by atoms with van der Waals surface area (Å²) >= 11 is 11.0. The van der Waals surface area contributed by atoms with E-state index in [2.05, 4.69) is 4.90 Å². The first-order valence-electron chi connectivity index (χ1n) is 5.03. The van der Waals surface area contributed by atoms with Crippen LogP contribution in [0.15, 0.2) is 18.2 Å². The van der Waals surface area contributed by atoms with Crippen molar-refractivity contribution in [1.29, 1.82) is 0 Å². The fraction of sp³-hybridized carbons (Fsp3) is 0.364. The zero-order valence-electron chi connectivity index (χ0n) is 8.37. The van der Waals surface area contributed by atoms with Gasteiger partial charge in [-0.15, -0.1) is 0 Å². The second-order valence-electron chi connectivity index (χ2n) is 3.72. The van der Waals surface area contributed by atoms with Crippen molar-refractivity contribution >= 4 is 34.5 Å². The average molecular weight is 241 g/mol. The summed E-state index contributed by atoms with van der Waals surface area (Å²) in [5.41, 5.74) is 7.47. The maximum Gasteiger partial charge on any atom is 0.105 e. The van der Waals surface area contributed by atoms with Gasteiger partial charge in [-0.2, -0.15) is 0 Å². The number of halogens is 1. The minimum Gasteiger partial charge on any atom is -0.389 e. The van der Waals surface area contributed by atoms with E-state index in [4.69, 9.17) is 29.6 Å². The van der Waals surface area contributed by atoms with Crippen LogP contribution in [0.1, 0.15) is 18.4 Å². The van der Waals surface area contributed by atoms with Gasteiger partial charge in [0, 0.05) is 24.3 Å². The third kappa shape index (κ3) is 2.24. The van der Waals surface area contributed by atoms with Gasteiger partial charge in [0.05, 0.1) is 5.02 Å². The van der Waals surface area contributed by atoms with E-state index in [1.54, 1.807) is 0 Å². The first-order valence-corrected chi connectivity index (χ1v) is 5.81. The topological polar surface area (TPSA) is 29.3 Å². The van der Waals surface area contributed by atoms with Crippen molar-refractivity contribution < 1.29 is 0 Å². The van der Waals surface area contributed by atoms with Crippen LogP contribution in [0.3, 0.4) is 0 Å². The predicted molar refractivity (Wildman–Crippen MR) is 68.8 cm³/mol. The van der Waals surface area contributed by atoms with Crippen molar-refractivity contribution in [2.45, 2.75) is 12.8 Å². The molecule has 1 aliphatic rings. The fourth-order valence-electron chi connectivity index (χ4n) is 1.88. The second-order valence-corrected chi connectivity index (χ2v) is 4.57. The molecule has 0 radical (unpaired) electrons. The molecular formula is C11H13ClN2S. The van der Waals surface area contributed by atoms with Crippen molar-refractivity contribution in [2.75, 3.05) is 18.0 Å². The molecule has 1 aromatic rings. The van der Waals surface area contributed by atoms with Crippen molar-refractivity contribution in [3.63, 3.8) is 0 Å². The number of thiocarbonyl (C=S) groups is 1. The summed E-state index contributed by atoms with van der Waals surface area (Å²) in [7, 11) is 0. The molecule has 0 saturated carbocycles. The van der Waals surface area contributed by atoms with Crippen LogP contribution in [0.25, 0.3) is 0 Å². The normalized spacial score (nSPS) is 15.7. The first-order chi connectivity index (χ1) is 7.18. The third-order valence-corrected chi connectivity index (χ3v) is 3.22. The third-order valence-electron chi connectivity index (χ3n) is 2.69. The van der Waals surface area contributed by atoms with Crippen molar-refractivity contribution in [2.24, 2.45) is 5.73 Å². The van der Waals surface area contributed by atoms with Crippen LogP contribution in [0.5, 0.6) is 0 Å². The Labute approximate surface area is 100 Å². The fourth-order valence-corrected chi connectivity index (χ4v) is 2.39. The lowest BCUT2D eigenvalue weighted by Gasteiger charge is -2.18. The Kier molecular flexibility index (Phi) is 3.12. The number of anilines is 1. The first kappa shape index (κ1) is 10.7. The summed E-state index contributed by atoms with van der Waals surface area (Å²) in [5.74, 6) is 0. The molecule has 1 fully saturated rings. The number of benzene rings is 1. The van der Waals surface area contributed by atoms with Crippen LogP contribution in [-0.4, -0.2) is 18.1 Å². The molecule has 0 aromatic heterocycles. The summed E-state index contributed by atoms with van der Waals surface area (Å²) < 4.78 is 0. The Morgan fingerprint density at radius 2 is 2.00 bits per heavy atom. The molecule has 15 heavy (non-hydrogen) atoms. The van der Waals surface area contributed by atoms with Gasteiger partial charge in [-0.3, -0.25) is 0 Å². The van der Waals surface area contributed by atoms with Gasteiger partial charge in [-0.1, -0.05) is 23.8 Å². The molecule has 80 valence electrons. The number of rotatable bonds is 2. The molecule has 2 nitrogen and oxygen atoms in total. The summed E-state index contributed by atoms with van der Waals surface area (Å²) in [6.07, 6.45) is 2.52. The smallest absolute Gasteiger partial charge is 0.105 e. The molecule has 1 aromatic carbocycles. The molecule has 0 spiro atoms. The monoisotopic (exact) mass is 240 g/mol. The Balaban J connectivity index is 2.28. The quantitative estimate of drug-likeness (QED) is 0.806. The van der Waals surface area contributed by atoms with Crippen LogP contribution in [0.2, 0.25) is 5.02 Å². The van der Waals surface area contributed by atoms with E-state index in [0.29, 0.717) is 10.0 Å². The Morgan fingerprint density at radius 3 is 2.53 bits per heavy atom. The molecule has 0 aliphatic carbocycles. The van der Waals surface area contributed by atoms with Gasteiger partial charge in [0.15, 0.2) is 0 Å². The maximum absolute atomic E-state index is 6.11. The Hall–Kier alpha value is -0.800. The highest BCUT2D eigenvalue weighted by Gasteiger charge is 2.13. The molecule has 2 rings (SSSR count). The summed E-state index contributed by atoms with van der Waals surface area (Å²) in [5, 5.41) is 0.645. The summed E-state index contributed by atoms with van der Waals surface area (Å²) in [6.45, 7) is 2.23. The van der Waals surface area contributed by atoms with Gasteiger partial charge in [-0.25, -0.2) is 0 Å². The Bertz CT molecular complexity index is 386. The summed E-state index contributed by atoms with van der Waals surface area (Å²) in [6, 6.07) is 5.88. The molecule has 1 heterocycles. The van der Waals surface area contributed by atoms with Crippen molar-refractivity contribution in [3.8, 4) is 0 Å². The molecule has 0 atom stereocenters. The van der Waals surface area contributed by atoms with Gasteiger partial charge in [0.25, 0.3) is 0 Å². The predicted octanol–water partition coefficient (Wildman–Crippen LogP) is 2.57. The van der Waals surface area contributed by atoms with E-state index < -0.39 is 0 Å². The molecule has 0 unspecified atom stereocenters. The number of hydrogen-bond acceptors (Lipinski definition) is 2. The van der Waals surface area contributed by atoms with E-state index in [0.717, 1.165) is 24.3 Å².